The van der Waals surface area contributed by atoms with E-state index in [4.69, 9.17) is 14.2 Å². The Bertz CT molecular complexity index is 393. The third-order valence-electron chi connectivity index (χ3n) is 2.63. The van der Waals surface area contributed by atoms with Gasteiger partial charge in [0.1, 0.15) is 17.1 Å². The second-order valence-corrected chi connectivity index (χ2v) is 3.75. The molecule has 1 saturated heterocycles. The highest BCUT2D eigenvalue weighted by molar-refractivity contribution is 5.99. The van der Waals surface area contributed by atoms with Crippen LogP contribution in [-0.2, 0) is 4.74 Å². The van der Waals surface area contributed by atoms with Gasteiger partial charge in [0.25, 0.3) is 5.91 Å². The van der Waals surface area contributed by atoms with E-state index in [9.17, 15) is 4.79 Å². The molecule has 1 aliphatic rings. The Hall–Kier alpha value is -1.75. The van der Waals surface area contributed by atoms with E-state index in [0.717, 1.165) is 0 Å². The first kappa shape index (κ1) is 11.7. The molecule has 1 amide bonds. The first-order chi connectivity index (χ1) is 8.26. The third-order valence-corrected chi connectivity index (χ3v) is 2.63. The molecule has 1 heterocycles. The summed E-state index contributed by atoms with van der Waals surface area (Å²) in [6, 6.07) is 5.32. The Balaban J connectivity index is 2.24. The van der Waals surface area contributed by atoms with Crippen molar-refractivity contribution in [2.75, 3.05) is 27.4 Å². The van der Waals surface area contributed by atoms with Gasteiger partial charge in [-0.15, -0.1) is 0 Å². The van der Waals surface area contributed by atoms with Crippen molar-refractivity contribution in [1.82, 2.24) is 5.32 Å². The molecule has 0 saturated carbocycles. The van der Waals surface area contributed by atoms with Crippen molar-refractivity contribution in [1.29, 1.82) is 0 Å². The number of carbonyl (C=O) groups is 1. The van der Waals surface area contributed by atoms with Crippen LogP contribution in [0.3, 0.4) is 0 Å². The Morgan fingerprint density at radius 1 is 1.29 bits per heavy atom. The van der Waals surface area contributed by atoms with Gasteiger partial charge in [0.05, 0.1) is 33.5 Å². The number of rotatable bonds is 4. The molecule has 17 heavy (non-hydrogen) atoms. The van der Waals surface area contributed by atoms with Crippen LogP contribution in [0.5, 0.6) is 11.5 Å². The highest BCUT2D eigenvalue weighted by atomic mass is 16.5. The summed E-state index contributed by atoms with van der Waals surface area (Å²) in [5.41, 5.74) is 0.421. The molecule has 0 unspecified atom stereocenters. The van der Waals surface area contributed by atoms with Crippen LogP contribution in [0.15, 0.2) is 18.2 Å². The first-order valence-corrected chi connectivity index (χ1v) is 5.36. The molecule has 5 nitrogen and oxygen atoms in total. The molecular formula is C12H15NO4. The Labute approximate surface area is 99.7 Å². The minimum absolute atomic E-state index is 0.0807. The smallest absolute Gasteiger partial charge is 0.259 e. The summed E-state index contributed by atoms with van der Waals surface area (Å²) in [5.74, 6) is 0.803. The molecule has 0 radical (unpaired) electrons. The zero-order valence-electron chi connectivity index (χ0n) is 9.86. The van der Waals surface area contributed by atoms with Gasteiger partial charge in [-0.1, -0.05) is 6.07 Å². The van der Waals surface area contributed by atoms with Gasteiger partial charge in [0.15, 0.2) is 0 Å². The molecule has 1 aliphatic heterocycles. The van der Waals surface area contributed by atoms with Crippen LogP contribution in [0.4, 0.5) is 0 Å². The van der Waals surface area contributed by atoms with E-state index in [2.05, 4.69) is 5.32 Å². The van der Waals surface area contributed by atoms with Crippen LogP contribution >= 0.6 is 0 Å². The zero-order chi connectivity index (χ0) is 12.3. The summed E-state index contributed by atoms with van der Waals surface area (Å²) in [5, 5.41) is 2.86. The molecule has 0 aromatic heterocycles. The van der Waals surface area contributed by atoms with Gasteiger partial charge < -0.3 is 19.5 Å². The highest BCUT2D eigenvalue weighted by Crippen LogP contribution is 2.28. The summed E-state index contributed by atoms with van der Waals surface area (Å²) in [4.78, 5) is 12.1. The van der Waals surface area contributed by atoms with E-state index < -0.39 is 0 Å². The second-order valence-electron chi connectivity index (χ2n) is 3.75. The Kier molecular flexibility index (Phi) is 3.49. The van der Waals surface area contributed by atoms with Gasteiger partial charge >= 0.3 is 0 Å². The minimum atomic E-state index is -0.201. The van der Waals surface area contributed by atoms with E-state index >= 15 is 0 Å². The molecule has 92 valence electrons. The molecule has 5 heteroatoms. The van der Waals surface area contributed by atoms with Crippen molar-refractivity contribution in [3.8, 4) is 11.5 Å². The second kappa shape index (κ2) is 5.05. The predicted octanol–water partition coefficient (Wildman–Crippen LogP) is 0.832. The Morgan fingerprint density at radius 2 is 1.88 bits per heavy atom. The van der Waals surface area contributed by atoms with Crippen LogP contribution in [0.25, 0.3) is 0 Å². The van der Waals surface area contributed by atoms with Crippen molar-refractivity contribution < 1.29 is 19.0 Å². The number of amides is 1. The van der Waals surface area contributed by atoms with Gasteiger partial charge in [-0.05, 0) is 12.1 Å². The fraction of sp³-hybridized carbons (Fsp3) is 0.417. The van der Waals surface area contributed by atoms with E-state index in [-0.39, 0.29) is 11.9 Å². The lowest BCUT2D eigenvalue weighted by Gasteiger charge is -2.27. The number of hydrogen-bond donors (Lipinski definition) is 1. The average Bonchev–Trinajstić information content (AvgIpc) is 2.32. The number of hydrogen-bond acceptors (Lipinski definition) is 4. The lowest BCUT2D eigenvalue weighted by molar-refractivity contribution is -0.00354. The SMILES string of the molecule is COc1cccc(OC)c1C(=O)NC1COC1. The third kappa shape index (κ3) is 2.34. The van der Waals surface area contributed by atoms with Crippen LogP contribution in [0.1, 0.15) is 10.4 Å². The van der Waals surface area contributed by atoms with E-state index in [1.807, 2.05) is 0 Å². The quantitative estimate of drug-likeness (QED) is 0.842. The normalized spacial score (nSPS) is 14.9. The highest BCUT2D eigenvalue weighted by Gasteiger charge is 2.24. The molecule has 0 atom stereocenters. The number of methoxy groups -OCH3 is 2. The number of benzene rings is 1. The van der Waals surface area contributed by atoms with Crippen LogP contribution < -0.4 is 14.8 Å². The maximum atomic E-state index is 12.1. The van der Waals surface area contributed by atoms with E-state index in [0.29, 0.717) is 30.3 Å². The molecule has 1 aromatic rings. The summed E-state index contributed by atoms with van der Waals surface area (Å²) >= 11 is 0. The van der Waals surface area contributed by atoms with Crippen molar-refractivity contribution >= 4 is 5.91 Å². The fourth-order valence-corrected chi connectivity index (χ4v) is 1.65. The fourth-order valence-electron chi connectivity index (χ4n) is 1.65. The Morgan fingerprint density at radius 3 is 2.29 bits per heavy atom. The van der Waals surface area contributed by atoms with Gasteiger partial charge in [-0.25, -0.2) is 0 Å². The van der Waals surface area contributed by atoms with E-state index in [1.54, 1.807) is 18.2 Å². The standard InChI is InChI=1S/C12H15NO4/c1-15-9-4-3-5-10(16-2)11(9)12(14)13-8-6-17-7-8/h3-5,8H,6-7H2,1-2H3,(H,13,14). The molecule has 0 bridgehead atoms. The first-order valence-electron chi connectivity index (χ1n) is 5.36. The zero-order valence-corrected chi connectivity index (χ0v) is 9.86. The van der Waals surface area contributed by atoms with Crippen molar-refractivity contribution in [3.63, 3.8) is 0 Å². The van der Waals surface area contributed by atoms with Gasteiger partial charge in [0.2, 0.25) is 0 Å². The molecule has 2 rings (SSSR count). The van der Waals surface area contributed by atoms with Gasteiger partial charge in [-0.3, -0.25) is 4.79 Å². The molecule has 0 spiro atoms. The van der Waals surface area contributed by atoms with Gasteiger partial charge in [0, 0.05) is 0 Å². The number of carbonyl (C=O) groups excluding carboxylic acids is 1. The maximum absolute atomic E-state index is 12.1. The molecule has 1 aromatic carbocycles. The number of nitrogens with one attached hydrogen (secondary N) is 1. The van der Waals surface area contributed by atoms with Crippen molar-refractivity contribution in [2.24, 2.45) is 0 Å². The van der Waals surface area contributed by atoms with Gasteiger partial charge in [-0.2, -0.15) is 0 Å². The summed E-state index contributed by atoms with van der Waals surface area (Å²) in [7, 11) is 3.05. The van der Waals surface area contributed by atoms with Crippen molar-refractivity contribution in [3.05, 3.63) is 23.8 Å². The van der Waals surface area contributed by atoms with E-state index in [1.165, 1.54) is 14.2 Å². The summed E-state index contributed by atoms with van der Waals surface area (Å²) in [6.45, 7) is 1.12. The predicted molar refractivity (Wildman–Crippen MR) is 61.6 cm³/mol. The van der Waals surface area contributed by atoms with Crippen LogP contribution in [0.2, 0.25) is 0 Å². The maximum Gasteiger partial charge on any atom is 0.259 e. The monoisotopic (exact) mass is 237 g/mol. The number of ether oxygens (including phenoxy) is 3. The van der Waals surface area contributed by atoms with Crippen molar-refractivity contribution in [2.45, 2.75) is 6.04 Å². The van der Waals surface area contributed by atoms with Crippen LogP contribution in [0, 0.1) is 0 Å². The van der Waals surface area contributed by atoms with Crippen LogP contribution in [-0.4, -0.2) is 39.4 Å². The summed E-state index contributed by atoms with van der Waals surface area (Å²) < 4.78 is 15.3. The molecular weight excluding hydrogens is 222 g/mol. The average molecular weight is 237 g/mol. The molecule has 0 aliphatic carbocycles. The molecule has 1 fully saturated rings. The lowest BCUT2D eigenvalue weighted by atomic mass is 10.1. The minimum Gasteiger partial charge on any atom is -0.496 e. The molecule has 1 N–H and O–H groups in total. The summed E-state index contributed by atoms with van der Waals surface area (Å²) in [6.07, 6.45) is 0. The largest absolute Gasteiger partial charge is 0.496 e. The lowest BCUT2D eigenvalue weighted by Crippen LogP contribution is -2.48. The topological polar surface area (TPSA) is 56.8 Å².